The van der Waals surface area contributed by atoms with Crippen LogP contribution >= 0.6 is 12.4 Å². The summed E-state index contributed by atoms with van der Waals surface area (Å²) >= 11 is 0. The van der Waals surface area contributed by atoms with E-state index < -0.39 is 36.9 Å². The SMILES string of the molecule is Cl.N[C@H](C(=O)O)[C@@H](O)[C@H](O)[C@H](O)CO. The second-order valence-electron chi connectivity index (χ2n) is 2.60. The van der Waals surface area contributed by atoms with Crippen LogP contribution in [0.1, 0.15) is 0 Å². The summed E-state index contributed by atoms with van der Waals surface area (Å²) in [5.41, 5.74) is 4.95. The molecule has 0 amide bonds. The average Bonchev–Trinajstić information content (AvgIpc) is 2.12. The fourth-order valence-electron chi connectivity index (χ4n) is 0.694. The van der Waals surface area contributed by atoms with E-state index in [-0.39, 0.29) is 12.4 Å². The smallest absolute Gasteiger partial charge is 0.323 e. The predicted molar refractivity (Wildman–Crippen MR) is 48.0 cm³/mol. The van der Waals surface area contributed by atoms with Gasteiger partial charge in [0, 0.05) is 0 Å². The fraction of sp³-hybridized carbons (Fsp3) is 0.833. The van der Waals surface area contributed by atoms with Gasteiger partial charge in [-0.2, -0.15) is 0 Å². The van der Waals surface area contributed by atoms with Crippen molar-refractivity contribution >= 4 is 18.4 Å². The van der Waals surface area contributed by atoms with Crippen molar-refractivity contribution in [3.63, 3.8) is 0 Å². The van der Waals surface area contributed by atoms with Crippen molar-refractivity contribution in [2.75, 3.05) is 6.61 Å². The highest BCUT2D eigenvalue weighted by atomic mass is 35.5. The lowest BCUT2D eigenvalue weighted by molar-refractivity contribution is -0.146. The number of carboxylic acids is 1. The first-order chi connectivity index (χ1) is 5.91. The van der Waals surface area contributed by atoms with Crippen LogP contribution < -0.4 is 5.73 Å². The van der Waals surface area contributed by atoms with Gasteiger partial charge in [-0.15, -0.1) is 12.4 Å². The molecule has 14 heavy (non-hydrogen) atoms. The van der Waals surface area contributed by atoms with Crippen LogP contribution in [0.3, 0.4) is 0 Å². The fourth-order valence-corrected chi connectivity index (χ4v) is 0.694. The van der Waals surface area contributed by atoms with E-state index in [0.29, 0.717) is 0 Å². The molecule has 0 rings (SSSR count). The molecule has 0 saturated heterocycles. The van der Waals surface area contributed by atoms with E-state index in [2.05, 4.69) is 0 Å². The third-order valence-corrected chi connectivity index (χ3v) is 1.58. The van der Waals surface area contributed by atoms with E-state index >= 15 is 0 Å². The summed E-state index contributed by atoms with van der Waals surface area (Å²) in [6, 6.07) is -1.70. The van der Waals surface area contributed by atoms with Crippen molar-refractivity contribution in [3.05, 3.63) is 0 Å². The van der Waals surface area contributed by atoms with Crippen molar-refractivity contribution in [3.8, 4) is 0 Å². The van der Waals surface area contributed by atoms with Gasteiger partial charge in [-0.05, 0) is 0 Å². The molecular weight excluding hydrogens is 218 g/mol. The minimum Gasteiger partial charge on any atom is -0.480 e. The predicted octanol–water partition coefficient (Wildman–Crippen LogP) is -3.10. The number of halogens is 1. The number of aliphatic hydroxyl groups excluding tert-OH is 4. The Balaban J connectivity index is 0. The highest BCUT2D eigenvalue weighted by Gasteiger charge is 2.32. The molecule has 0 unspecified atom stereocenters. The quantitative estimate of drug-likeness (QED) is 0.294. The molecule has 0 fully saturated rings. The number of aliphatic carboxylic acids is 1. The molecule has 4 atom stereocenters. The van der Waals surface area contributed by atoms with Gasteiger partial charge in [0.05, 0.1) is 6.61 Å². The number of nitrogens with two attached hydrogens (primary N) is 1. The first-order valence-electron chi connectivity index (χ1n) is 3.55. The maximum Gasteiger partial charge on any atom is 0.323 e. The van der Waals surface area contributed by atoms with E-state index in [1.54, 1.807) is 0 Å². The Hall–Kier alpha value is -0.440. The molecule has 0 radical (unpaired) electrons. The van der Waals surface area contributed by atoms with Crippen molar-refractivity contribution in [2.45, 2.75) is 24.4 Å². The van der Waals surface area contributed by atoms with E-state index in [0.717, 1.165) is 0 Å². The molecule has 0 saturated carbocycles. The molecule has 0 aromatic rings. The van der Waals surface area contributed by atoms with Crippen LogP contribution in [-0.2, 0) is 4.79 Å². The highest BCUT2D eigenvalue weighted by Crippen LogP contribution is 2.03. The maximum atomic E-state index is 10.2. The Bertz CT molecular complexity index is 180. The minimum absolute atomic E-state index is 0. The van der Waals surface area contributed by atoms with Crippen LogP contribution in [-0.4, -0.2) is 62.5 Å². The second-order valence-corrected chi connectivity index (χ2v) is 2.60. The molecule has 0 aliphatic heterocycles. The average molecular weight is 232 g/mol. The molecule has 0 heterocycles. The number of hydrogen-bond donors (Lipinski definition) is 6. The van der Waals surface area contributed by atoms with E-state index in [9.17, 15) is 4.79 Å². The highest BCUT2D eigenvalue weighted by molar-refractivity contribution is 5.85. The number of aliphatic hydroxyl groups is 4. The molecule has 7 N–H and O–H groups in total. The molecule has 86 valence electrons. The van der Waals surface area contributed by atoms with Gasteiger partial charge in [-0.25, -0.2) is 0 Å². The molecule has 0 aliphatic carbocycles. The molecule has 8 heteroatoms. The van der Waals surface area contributed by atoms with Crippen LogP contribution in [0.25, 0.3) is 0 Å². The summed E-state index contributed by atoms with van der Waals surface area (Å²) in [6.07, 6.45) is -5.21. The maximum absolute atomic E-state index is 10.2. The van der Waals surface area contributed by atoms with Crippen LogP contribution in [0.4, 0.5) is 0 Å². The molecular formula is C6H14ClNO6. The van der Waals surface area contributed by atoms with Crippen molar-refractivity contribution in [1.29, 1.82) is 0 Å². The monoisotopic (exact) mass is 231 g/mol. The number of carboxylic acid groups (broad SMARTS) is 1. The topological polar surface area (TPSA) is 144 Å². The Kier molecular flexibility index (Phi) is 7.93. The zero-order chi connectivity index (χ0) is 10.6. The van der Waals surface area contributed by atoms with Gasteiger partial charge in [0.1, 0.15) is 24.4 Å². The summed E-state index contributed by atoms with van der Waals surface area (Å²) in [5, 5.41) is 43.5. The van der Waals surface area contributed by atoms with Crippen LogP contribution in [0, 0.1) is 0 Å². The summed E-state index contributed by atoms with van der Waals surface area (Å²) in [4.78, 5) is 10.2. The van der Waals surface area contributed by atoms with Gasteiger partial charge >= 0.3 is 5.97 Å². The number of hydrogen-bond acceptors (Lipinski definition) is 6. The largest absolute Gasteiger partial charge is 0.480 e. The van der Waals surface area contributed by atoms with Crippen molar-refractivity contribution in [1.82, 2.24) is 0 Å². The Labute approximate surface area is 86.2 Å². The van der Waals surface area contributed by atoms with Gasteiger partial charge in [0.25, 0.3) is 0 Å². The first kappa shape index (κ1) is 16.0. The molecule has 0 aliphatic rings. The van der Waals surface area contributed by atoms with Crippen LogP contribution in [0.2, 0.25) is 0 Å². The Morgan fingerprint density at radius 1 is 1.21 bits per heavy atom. The molecule has 0 aromatic heterocycles. The summed E-state index contributed by atoms with van der Waals surface area (Å²) in [6.45, 7) is -0.787. The molecule has 0 spiro atoms. The molecule has 7 nitrogen and oxygen atoms in total. The number of carbonyl (C=O) groups is 1. The molecule has 0 bridgehead atoms. The van der Waals surface area contributed by atoms with Crippen LogP contribution in [0.5, 0.6) is 0 Å². The van der Waals surface area contributed by atoms with Gasteiger partial charge in [0.15, 0.2) is 0 Å². The van der Waals surface area contributed by atoms with Gasteiger partial charge in [-0.3, -0.25) is 4.79 Å². The zero-order valence-electron chi connectivity index (χ0n) is 7.15. The van der Waals surface area contributed by atoms with Gasteiger partial charge in [-0.1, -0.05) is 0 Å². The lowest BCUT2D eigenvalue weighted by atomic mass is 10.0. The lowest BCUT2D eigenvalue weighted by Gasteiger charge is -2.23. The Morgan fingerprint density at radius 3 is 1.93 bits per heavy atom. The first-order valence-corrected chi connectivity index (χ1v) is 3.55. The van der Waals surface area contributed by atoms with Crippen molar-refractivity contribution < 1.29 is 30.3 Å². The van der Waals surface area contributed by atoms with Crippen LogP contribution in [0.15, 0.2) is 0 Å². The Morgan fingerprint density at radius 2 is 1.64 bits per heavy atom. The van der Waals surface area contributed by atoms with E-state index in [1.807, 2.05) is 0 Å². The third-order valence-electron chi connectivity index (χ3n) is 1.58. The third kappa shape index (κ3) is 4.18. The van der Waals surface area contributed by atoms with E-state index in [4.69, 9.17) is 31.3 Å². The van der Waals surface area contributed by atoms with Crippen molar-refractivity contribution in [2.24, 2.45) is 5.73 Å². The lowest BCUT2D eigenvalue weighted by Crippen LogP contribution is -2.52. The standard InChI is InChI=1S/C6H13NO6.ClH/c7-3(6(12)13)5(11)4(10)2(9)1-8;/h2-5,8-11H,1,7H2,(H,12,13);1H/t2-,3+,4-,5-;/m1./s1. The summed E-state index contributed by atoms with van der Waals surface area (Å²) in [5.74, 6) is -1.50. The second kappa shape index (κ2) is 6.93. The number of rotatable bonds is 5. The normalized spacial score (nSPS) is 18.9. The van der Waals surface area contributed by atoms with Gasteiger partial charge in [0.2, 0.25) is 0 Å². The van der Waals surface area contributed by atoms with E-state index in [1.165, 1.54) is 0 Å². The molecule has 0 aromatic carbocycles. The zero-order valence-corrected chi connectivity index (χ0v) is 7.96. The minimum atomic E-state index is -1.82. The summed E-state index contributed by atoms with van der Waals surface area (Å²) in [7, 11) is 0. The summed E-state index contributed by atoms with van der Waals surface area (Å²) < 4.78 is 0. The van der Waals surface area contributed by atoms with Gasteiger partial charge < -0.3 is 31.3 Å².